The van der Waals surface area contributed by atoms with Gasteiger partial charge in [0, 0.05) is 12.1 Å². The first-order valence-electron chi connectivity index (χ1n) is 6.24. The molecule has 0 spiro atoms. The Bertz CT molecular complexity index is 481. The van der Waals surface area contributed by atoms with E-state index >= 15 is 0 Å². The van der Waals surface area contributed by atoms with Crippen molar-refractivity contribution in [1.29, 1.82) is 0 Å². The van der Waals surface area contributed by atoms with E-state index in [1.54, 1.807) is 0 Å². The summed E-state index contributed by atoms with van der Waals surface area (Å²) in [5.41, 5.74) is 3.98. The maximum atomic E-state index is 3.52. The number of nitrogens with one attached hydrogen (secondary N) is 1. The van der Waals surface area contributed by atoms with Crippen molar-refractivity contribution in [2.24, 2.45) is 0 Å². The molecule has 0 radical (unpaired) electrons. The Morgan fingerprint density at radius 2 is 1.47 bits per heavy atom. The van der Waals surface area contributed by atoms with Gasteiger partial charge in [-0.2, -0.15) is 0 Å². The molecule has 2 atom stereocenters. The molecule has 0 amide bonds. The third-order valence-corrected chi connectivity index (χ3v) is 3.50. The van der Waals surface area contributed by atoms with Crippen molar-refractivity contribution in [3.8, 4) is 11.1 Å². The molecule has 86 valence electrons. The Morgan fingerprint density at radius 1 is 0.882 bits per heavy atom. The van der Waals surface area contributed by atoms with Crippen LogP contribution in [0.15, 0.2) is 54.6 Å². The topological polar surface area (TPSA) is 12.0 Å². The highest BCUT2D eigenvalue weighted by molar-refractivity contribution is 5.63. The Kier molecular flexibility index (Phi) is 2.69. The van der Waals surface area contributed by atoms with Crippen LogP contribution in [0, 0.1) is 0 Å². The first-order valence-corrected chi connectivity index (χ1v) is 6.24. The Hall–Kier alpha value is -1.60. The molecule has 2 aromatic rings. The van der Waals surface area contributed by atoms with Crippen molar-refractivity contribution in [1.82, 2.24) is 5.32 Å². The molecule has 1 fully saturated rings. The fourth-order valence-corrected chi connectivity index (χ4v) is 2.44. The highest BCUT2D eigenvalue weighted by Gasteiger charge is 2.25. The first-order chi connectivity index (χ1) is 8.33. The molecule has 2 unspecified atom stereocenters. The average molecular weight is 223 g/mol. The van der Waals surface area contributed by atoms with Crippen molar-refractivity contribution in [3.63, 3.8) is 0 Å². The number of benzene rings is 2. The predicted molar refractivity (Wildman–Crippen MR) is 71.8 cm³/mol. The van der Waals surface area contributed by atoms with Gasteiger partial charge in [-0.3, -0.25) is 0 Å². The van der Waals surface area contributed by atoms with Crippen LogP contribution in [0.25, 0.3) is 11.1 Å². The molecule has 0 bridgehead atoms. The van der Waals surface area contributed by atoms with Crippen LogP contribution in [-0.2, 0) is 0 Å². The van der Waals surface area contributed by atoms with E-state index in [4.69, 9.17) is 0 Å². The zero-order valence-corrected chi connectivity index (χ0v) is 10.1. The minimum absolute atomic E-state index is 0.565. The molecule has 1 heteroatoms. The van der Waals surface area contributed by atoms with E-state index in [0.29, 0.717) is 12.1 Å². The van der Waals surface area contributed by atoms with E-state index in [1.165, 1.54) is 23.1 Å². The van der Waals surface area contributed by atoms with Gasteiger partial charge < -0.3 is 5.32 Å². The summed E-state index contributed by atoms with van der Waals surface area (Å²) in [6, 6.07) is 20.7. The van der Waals surface area contributed by atoms with Crippen LogP contribution in [-0.4, -0.2) is 6.04 Å². The van der Waals surface area contributed by atoms with Crippen LogP contribution in [0.3, 0.4) is 0 Å². The summed E-state index contributed by atoms with van der Waals surface area (Å²) in [7, 11) is 0. The number of hydrogen-bond acceptors (Lipinski definition) is 1. The van der Waals surface area contributed by atoms with Gasteiger partial charge in [-0.1, -0.05) is 54.6 Å². The van der Waals surface area contributed by atoms with Crippen LogP contribution in [0.4, 0.5) is 0 Å². The first kappa shape index (κ1) is 10.5. The third kappa shape index (κ3) is 2.11. The van der Waals surface area contributed by atoms with Crippen molar-refractivity contribution in [3.05, 3.63) is 60.2 Å². The fraction of sp³-hybridized carbons (Fsp3) is 0.250. The van der Waals surface area contributed by atoms with Gasteiger partial charge in [0.05, 0.1) is 0 Å². The summed E-state index contributed by atoms with van der Waals surface area (Å²) in [5.74, 6) is 0. The lowest BCUT2D eigenvalue weighted by atomic mass is 9.91. The average Bonchev–Trinajstić information content (AvgIpc) is 2.36. The van der Waals surface area contributed by atoms with Gasteiger partial charge in [0.2, 0.25) is 0 Å². The van der Waals surface area contributed by atoms with Crippen LogP contribution >= 0.6 is 0 Å². The van der Waals surface area contributed by atoms with E-state index in [0.717, 1.165) is 0 Å². The van der Waals surface area contributed by atoms with Gasteiger partial charge in [-0.25, -0.2) is 0 Å². The molecular formula is C16H17N. The fourth-order valence-electron chi connectivity index (χ4n) is 2.44. The molecule has 1 nitrogen and oxygen atoms in total. The quantitative estimate of drug-likeness (QED) is 0.817. The molecule has 1 aliphatic rings. The Labute approximate surface area is 102 Å². The van der Waals surface area contributed by atoms with Crippen LogP contribution < -0.4 is 5.32 Å². The lowest BCUT2D eigenvalue weighted by Gasteiger charge is -2.35. The molecule has 1 N–H and O–H groups in total. The standard InChI is InChI=1S/C16H17N/c1-12-11-16(17-12)15-9-7-14(8-10-15)13-5-3-2-4-6-13/h2-10,12,16-17H,11H2,1H3. The highest BCUT2D eigenvalue weighted by Crippen LogP contribution is 2.29. The Morgan fingerprint density at radius 3 is 2.06 bits per heavy atom. The van der Waals surface area contributed by atoms with Gasteiger partial charge in [-0.15, -0.1) is 0 Å². The third-order valence-electron chi connectivity index (χ3n) is 3.50. The van der Waals surface area contributed by atoms with E-state index in [2.05, 4.69) is 66.8 Å². The smallest absolute Gasteiger partial charge is 0.0337 e. The maximum absolute atomic E-state index is 3.52. The molecule has 1 aliphatic heterocycles. The summed E-state index contributed by atoms with van der Waals surface area (Å²) < 4.78 is 0. The molecule has 0 aromatic heterocycles. The van der Waals surface area contributed by atoms with Crippen molar-refractivity contribution in [2.45, 2.75) is 25.4 Å². The maximum Gasteiger partial charge on any atom is 0.0337 e. The van der Waals surface area contributed by atoms with Crippen molar-refractivity contribution in [2.75, 3.05) is 0 Å². The zero-order valence-electron chi connectivity index (χ0n) is 10.1. The van der Waals surface area contributed by atoms with Gasteiger partial charge >= 0.3 is 0 Å². The molecular weight excluding hydrogens is 206 g/mol. The van der Waals surface area contributed by atoms with Crippen LogP contribution in [0.5, 0.6) is 0 Å². The van der Waals surface area contributed by atoms with E-state index in [-0.39, 0.29) is 0 Å². The van der Waals surface area contributed by atoms with Gasteiger partial charge in [0.25, 0.3) is 0 Å². The van der Waals surface area contributed by atoms with E-state index in [1.807, 2.05) is 0 Å². The summed E-state index contributed by atoms with van der Waals surface area (Å²) in [4.78, 5) is 0. The van der Waals surface area contributed by atoms with Crippen LogP contribution in [0.1, 0.15) is 24.9 Å². The number of hydrogen-bond donors (Lipinski definition) is 1. The predicted octanol–water partition coefficient (Wildman–Crippen LogP) is 3.78. The van der Waals surface area contributed by atoms with E-state index < -0.39 is 0 Å². The summed E-state index contributed by atoms with van der Waals surface area (Å²) in [5, 5.41) is 3.52. The zero-order chi connectivity index (χ0) is 11.7. The molecule has 0 saturated carbocycles. The largest absolute Gasteiger partial charge is 0.307 e. The summed E-state index contributed by atoms with van der Waals surface area (Å²) in [6.45, 7) is 2.23. The summed E-state index contributed by atoms with van der Waals surface area (Å²) in [6.07, 6.45) is 1.25. The van der Waals surface area contributed by atoms with Gasteiger partial charge in [0.15, 0.2) is 0 Å². The second-order valence-corrected chi connectivity index (χ2v) is 4.84. The Balaban J connectivity index is 1.81. The highest BCUT2D eigenvalue weighted by atomic mass is 15.0. The SMILES string of the molecule is CC1CC(c2ccc(-c3ccccc3)cc2)N1. The monoisotopic (exact) mass is 223 g/mol. The van der Waals surface area contributed by atoms with Gasteiger partial charge in [-0.05, 0) is 30.0 Å². The second kappa shape index (κ2) is 4.34. The minimum Gasteiger partial charge on any atom is -0.307 e. The molecule has 17 heavy (non-hydrogen) atoms. The normalized spacial score (nSPS) is 23.1. The number of rotatable bonds is 2. The lowest BCUT2D eigenvalue weighted by molar-refractivity contribution is 0.288. The van der Waals surface area contributed by atoms with E-state index in [9.17, 15) is 0 Å². The second-order valence-electron chi connectivity index (χ2n) is 4.84. The summed E-state index contributed by atoms with van der Waals surface area (Å²) >= 11 is 0. The van der Waals surface area contributed by atoms with Crippen LogP contribution in [0.2, 0.25) is 0 Å². The molecule has 2 aromatic carbocycles. The minimum atomic E-state index is 0.565. The molecule has 1 saturated heterocycles. The molecule has 3 rings (SSSR count). The van der Waals surface area contributed by atoms with Gasteiger partial charge in [0.1, 0.15) is 0 Å². The van der Waals surface area contributed by atoms with Crippen molar-refractivity contribution >= 4 is 0 Å². The van der Waals surface area contributed by atoms with Crippen molar-refractivity contribution < 1.29 is 0 Å². The molecule has 0 aliphatic carbocycles. The molecule has 1 heterocycles. The lowest BCUT2D eigenvalue weighted by Crippen LogP contribution is -2.43.